The predicted molar refractivity (Wildman–Crippen MR) is 99.9 cm³/mol. The average Bonchev–Trinajstić information content (AvgIpc) is 3.05. The van der Waals surface area contributed by atoms with Crippen molar-refractivity contribution in [3.8, 4) is 5.75 Å². The van der Waals surface area contributed by atoms with Crippen molar-refractivity contribution in [1.82, 2.24) is 9.55 Å². The minimum absolute atomic E-state index is 0.0932. The van der Waals surface area contributed by atoms with Gasteiger partial charge >= 0.3 is 0 Å². The maximum absolute atomic E-state index is 12.9. The number of amides is 1. The van der Waals surface area contributed by atoms with E-state index in [1.807, 2.05) is 72.4 Å². The van der Waals surface area contributed by atoms with Gasteiger partial charge in [-0.2, -0.15) is 0 Å². The Labute approximate surface area is 151 Å². The number of ether oxygens (including phenoxy) is 1. The van der Waals surface area contributed by atoms with Crippen LogP contribution < -0.4 is 10.1 Å². The fourth-order valence-electron chi connectivity index (χ4n) is 2.35. The lowest BCUT2D eigenvalue weighted by Gasteiger charge is -2.17. The van der Waals surface area contributed by atoms with Gasteiger partial charge < -0.3 is 14.6 Å². The van der Waals surface area contributed by atoms with Gasteiger partial charge in [-0.1, -0.05) is 42.1 Å². The van der Waals surface area contributed by atoms with E-state index in [0.717, 1.165) is 22.2 Å². The molecule has 1 atom stereocenters. The zero-order chi connectivity index (χ0) is 17.6. The molecule has 128 valence electrons. The summed E-state index contributed by atoms with van der Waals surface area (Å²) in [5.74, 6) is 0.657. The van der Waals surface area contributed by atoms with Crippen LogP contribution in [0.3, 0.4) is 0 Å². The van der Waals surface area contributed by atoms with Crippen LogP contribution in [0.25, 0.3) is 0 Å². The van der Waals surface area contributed by atoms with Gasteiger partial charge in [-0.15, -0.1) is 0 Å². The first kappa shape index (κ1) is 17.1. The van der Waals surface area contributed by atoms with Crippen molar-refractivity contribution < 1.29 is 9.53 Å². The third-order valence-electron chi connectivity index (χ3n) is 3.70. The molecule has 1 amide bonds. The molecule has 1 heterocycles. The fraction of sp³-hybridized carbons (Fsp3) is 0.158. The largest absolute Gasteiger partial charge is 0.497 e. The van der Waals surface area contributed by atoms with E-state index in [4.69, 9.17) is 4.74 Å². The maximum atomic E-state index is 12.9. The molecule has 0 aliphatic heterocycles. The molecular formula is C19H19N3O2S. The highest BCUT2D eigenvalue weighted by atomic mass is 32.2. The Morgan fingerprint density at radius 2 is 1.88 bits per heavy atom. The summed E-state index contributed by atoms with van der Waals surface area (Å²) in [6.45, 7) is 0. The molecule has 3 rings (SSSR count). The highest BCUT2D eigenvalue weighted by Gasteiger charge is 2.23. The van der Waals surface area contributed by atoms with E-state index in [2.05, 4.69) is 10.3 Å². The van der Waals surface area contributed by atoms with Crippen LogP contribution in [-0.2, 0) is 11.8 Å². The van der Waals surface area contributed by atoms with Gasteiger partial charge in [0.1, 0.15) is 11.0 Å². The number of rotatable bonds is 6. The summed E-state index contributed by atoms with van der Waals surface area (Å²) >= 11 is 1.43. The number of thioether (sulfide) groups is 1. The number of methoxy groups -OCH3 is 1. The molecule has 3 aromatic rings. The van der Waals surface area contributed by atoms with Gasteiger partial charge in [0.15, 0.2) is 5.16 Å². The molecule has 1 N–H and O–H groups in total. The first-order valence-corrected chi connectivity index (χ1v) is 8.69. The molecule has 6 heteroatoms. The van der Waals surface area contributed by atoms with Crippen LogP contribution in [0.15, 0.2) is 72.1 Å². The van der Waals surface area contributed by atoms with Crippen molar-refractivity contribution >= 4 is 23.4 Å². The monoisotopic (exact) mass is 353 g/mol. The van der Waals surface area contributed by atoms with Gasteiger partial charge in [0.05, 0.1) is 7.11 Å². The van der Waals surface area contributed by atoms with E-state index in [9.17, 15) is 4.79 Å². The lowest BCUT2D eigenvalue weighted by Crippen LogP contribution is -2.19. The van der Waals surface area contributed by atoms with E-state index >= 15 is 0 Å². The number of nitrogens with zero attached hydrogens (tertiary/aromatic N) is 2. The molecule has 25 heavy (non-hydrogen) atoms. The minimum Gasteiger partial charge on any atom is -0.497 e. The summed E-state index contributed by atoms with van der Waals surface area (Å²) < 4.78 is 7.05. The van der Waals surface area contributed by atoms with E-state index < -0.39 is 5.25 Å². The van der Waals surface area contributed by atoms with Gasteiger partial charge in [0, 0.05) is 25.1 Å². The van der Waals surface area contributed by atoms with Crippen LogP contribution in [0.2, 0.25) is 0 Å². The van der Waals surface area contributed by atoms with Gasteiger partial charge in [-0.25, -0.2) is 4.98 Å². The first-order chi connectivity index (χ1) is 12.2. The van der Waals surface area contributed by atoms with Crippen LogP contribution >= 0.6 is 11.8 Å². The number of carbonyl (C=O) groups excluding carboxylic acids is 1. The Balaban J connectivity index is 1.82. The number of nitrogens with one attached hydrogen (secondary N) is 1. The van der Waals surface area contributed by atoms with Crippen LogP contribution in [0.4, 0.5) is 5.69 Å². The summed E-state index contributed by atoms with van der Waals surface area (Å²) in [5.41, 5.74) is 1.66. The SMILES string of the molecule is COc1ccc(NC(=O)C(Sc2nccn2C)c2ccccc2)cc1. The standard InChI is InChI=1S/C19H19N3O2S/c1-22-13-12-20-19(22)25-17(14-6-4-3-5-7-14)18(23)21-15-8-10-16(24-2)11-9-15/h3-13,17H,1-2H3,(H,21,23). The van der Waals surface area contributed by atoms with Crippen molar-refractivity contribution in [2.45, 2.75) is 10.4 Å². The molecule has 2 aromatic carbocycles. The molecule has 0 saturated carbocycles. The van der Waals surface area contributed by atoms with Crippen LogP contribution in [0, 0.1) is 0 Å². The number of benzene rings is 2. The molecule has 0 saturated heterocycles. The Hall–Kier alpha value is -2.73. The van der Waals surface area contributed by atoms with E-state index in [1.54, 1.807) is 13.3 Å². The zero-order valence-corrected chi connectivity index (χ0v) is 14.9. The van der Waals surface area contributed by atoms with Crippen molar-refractivity contribution in [1.29, 1.82) is 0 Å². The minimum atomic E-state index is -0.399. The molecule has 5 nitrogen and oxygen atoms in total. The normalized spacial score (nSPS) is 11.8. The number of carbonyl (C=O) groups is 1. The third kappa shape index (κ3) is 4.22. The van der Waals surface area contributed by atoms with Gasteiger partial charge in [0.2, 0.25) is 5.91 Å². The first-order valence-electron chi connectivity index (χ1n) is 7.81. The molecule has 0 aliphatic rings. The summed E-state index contributed by atoms with van der Waals surface area (Å²) in [5, 5.41) is 3.36. The van der Waals surface area contributed by atoms with Crippen LogP contribution in [0.1, 0.15) is 10.8 Å². The summed E-state index contributed by atoms with van der Waals surface area (Å²) in [6.07, 6.45) is 3.59. The van der Waals surface area contributed by atoms with Crippen molar-refractivity contribution in [3.05, 3.63) is 72.6 Å². The second kappa shape index (κ2) is 7.90. The topological polar surface area (TPSA) is 56.1 Å². The second-order valence-electron chi connectivity index (χ2n) is 5.45. The quantitative estimate of drug-likeness (QED) is 0.683. The zero-order valence-electron chi connectivity index (χ0n) is 14.0. The lowest BCUT2D eigenvalue weighted by molar-refractivity contribution is -0.115. The number of hydrogen-bond donors (Lipinski definition) is 1. The Bertz CT molecular complexity index is 831. The van der Waals surface area contributed by atoms with E-state index in [1.165, 1.54) is 11.8 Å². The molecular weight excluding hydrogens is 334 g/mol. The predicted octanol–water partition coefficient (Wildman–Crippen LogP) is 3.90. The average molecular weight is 353 g/mol. The summed E-state index contributed by atoms with van der Waals surface area (Å²) in [6, 6.07) is 17.0. The summed E-state index contributed by atoms with van der Waals surface area (Å²) in [7, 11) is 3.53. The van der Waals surface area contributed by atoms with Crippen molar-refractivity contribution in [2.24, 2.45) is 7.05 Å². The van der Waals surface area contributed by atoms with Crippen molar-refractivity contribution in [3.63, 3.8) is 0 Å². The fourth-order valence-corrected chi connectivity index (χ4v) is 3.37. The third-order valence-corrected chi connectivity index (χ3v) is 5.02. The number of imidazole rings is 1. The smallest absolute Gasteiger partial charge is 0.242 e. The van der Waals surface area contributed by atoms with Gasteiger partial charge in [-0.3, -0.25) is 4.79 Å². The van der Waals surface area contributed by atoms with Crippen LogP contribution in [-0.4, -0.2) is 22.6 Å². The number of aryl methyl sites for hydroxylation is 1. The van der Waals surface area contributed by atoms with Crippen molar-refractivity contribution in [2.75, 3.05) is 12.4 Å². The van der Waals surface area contributed by atoms with E-state index in [0.29, 0.717) is 0 Å². The Kier molecular flexibility index (Phi) is 5.40. The maximum Gasteiger partial charge on any atom is 0.242 e. The lowest BCUT2D eigenvalue weighted by atomic mass is 10.1. The Morgan fingerprint density at radius 1 is 1.16 bits per heavy atom. The molecule has 1 aromatic heterocycles. The second-order valence-corrected chi connectivity index (χ2v) is 6.52. The van der Waals surface area contributed by atoms with E-state index in [-0.39, 0.29) is 5.91 Å². The number of aromatic nitrogens is 2. The molecule has 1 unspecified atom stereocenters. The highest BCUT2D eigenvalue weighted by Crippen LogP contribution is 2.35. The Morgan fingerprint density at radius 3 is 2.48 bits per heavy atom. The van der Waals surface area contributed by atoms with Gasteiger partial charge in [-0.05, 0) is 29.8 Å². The number of hydrogen-bond acceptors (Lipinski definition) is 4. The highest BCUT2D eigenvalue weighted by molar-refractivity contribution is 8.00. The summed E-state index contributed by atoms with van der Waals surface area (Å²) in [4.78, 5) is 17.2. The number of anilines is 1. The van der Waals surface area contributed by atoms with Crippen LogP contribution in [0.5, 0.6) is 5.75 Å². The molecule has 0 bridgehead atoms. The molecule has 0 aliphatic carbocycles. The molecule has 0 radical (unpaired) electrons. The molecule has 0 fully saturated rings. The van der Waals surface area contributed by atoms with Gasteiger partial charge in [0.25, 0.3) is 0 Å². The molecule has 0 spiro atoms.